The zero-order valence-corrected chi connectivity index (χ0v) is 12.9. The van der Waals surface area contributed by atoms with Crippen LogP contribution in [0.4, 0.5) is 0 Å². The number of aryl methyl sites for hydroxylation is 1. The van der Waals surface area contributed by atoms with E-state index in [1.165, 1.54) is 0 Å². The van der Waals surface area contributed by atoms with Crippen LogP contribution in [-0.4, -0.2) is 28.9 Å². The Bertz CT molecular complexity index is 474. The van der Waals surface area contributed by atoms with Crippen molar-refractivity contribution in [2.45, 2.75) is 53.1 Å². The lowest BCUT2D eigenvalue weighted by Gasteiger charge is -2.10. The first-order valence-corrected chi connectivity index (χ1v) is 7.38. The van der Waals surface area contributed by atoms with Crippen molar-refractivity contribution >= 4 is 5.91 Å². The largest absolute Gasteiger partial charge is 0.381 e. The van der Waals surface area contributed by atoms with Crippen molar-refractivity contribution < 1.29 is 9.53 Å². The first-order chi connectivity index (χ1) is 9.49. The van der Waals surface area contributed by atoms with E-state index >= 15 is 0 Å². The molecule has 0 radical (unpaired) electrons. The zero-order valence-electron chi connectivity index (χ0n) is 12.9. The van der Waals surface area contributed by atoms with Crippen LogP contribution in [0.2, 0.25) is 0 Å². The van der Waals surface area contributed by atoms with Crippen LogP contribution in [0.25, 0.3) is 0 Å². The topological polar surface area (TPSA) is 56.2 Å². The molecule has 0 bridgehead atoms. The molecule has 2 rings (SSSR count). The van der Waals surface area contributed by atoms with Crippen molar-refractivity contribution in [2.75, 3.05) is 13.2 Å². The minimum absolute atomic E-state index is 0.108. The Morgan fingerprint density at radius 3 is 2.80 bits per heavy atom. The normalized spacial score (nSPS) is 18.8. The number of aromatic nitrogens is 2. The summed E-state index contributed by atoms with van der Waals surface area (Å²) in [6.07, 6.45) is 1.56. The van der Waals surface area contributed by atoms with Crippen molar-refractivity contribution in [1.82, 2.24) is 15.1 Å². The second-order valence-corrected chi connectivity index (χ2v) is 5.90. The first kappa shape index (κ1) is 15.0. The van der Waals surface area contributed by atoms with Crippen molar-refractivity contribution in [1.29, 1.82) is 0 Å². The van der Waals surface area contributed by atoms with Gasteiger partial charge in [0.05, 0.1) is 5.69 Å². The summed E-state index contributed by atoms with van der Waals surface area (Å²) in [6, 6.07) is 0.341. The number of rotatable bonds is 5. The Morgan fingerprint density at radius 2 is 2.25 bits per heavy atom. The molecule has 1 fully saturated rings. The number of carbonyl (C=O) groups excluding carboxylic acids is 1. The third-order valence-electron chi connectivity index (χ3n) is 3.92. The van der Waals surface area contributed by atoms with Gasteiger partial charge < -0.3 is 10.1 Å². The van der Waals surface area contributed by atoms with Crippen molar-refractivity contribution in [3.63, 3.8) is 0 Å². The van der Waals surface area contributed by atoms with E-state index in [1.807, 2.05) is 11.6 Å². The number of hydrogen-bond acceptors (Lipinski definition) is 3. The summed E-state index contributed by atoms with van der Waals surface area (Å²) in [5, 5.41) is 7.55. The van der Waals surface area contributed by atoms with E-state index in [-0.39, 0.29) is 5.91 Å². The van der Waals surface area contributed by atoms with Crippen LogP contribution >= 0.6 is 0 Å². The molecule has 1 amide bonds. The van der Waals surface area contributed by atoms with E-state index in [1.54, 1.807) is 0 Å². The third kappa shape index (κ3) is 3.39. The van der Waals surface area contributed by atoms with Gasteiger partial charge in [0.25, 0.3) is 0 Å². The van der Waals surface area contributed by atoms with Gasteiger partial charge in [-0.1, -0.05) is 0 Å². The molecule has 1 aromatic heterocycles. The molecule has 1 aliphatic heterocycles. The standard InChI is InChI=1S/C15H25N3O2/c1-10(2)18-12(4)14(11(3)17-18)8-16-15(19)7-13-5-6-20-9-13/h10,13H,5-9H2,1-4H3,(H,16,19). The number of carbonyl (C=O) groups is 1. The van der Waals surface area contributed by atoms with Gasteiger partial charge >= 0.3 is 0 Å². The van der Waals surface area contributed by atoms with Crippen LogP contribution in [0.5, 0.6) is 0 Å². The molecule has 1 atom stereocenters. The van der Waals surface area contributed by atoms with Crippen molar-refractivity contribution in [3.05, 3.63) is 17.0 Å². The number of amides is 1. The molecular formula is C15H25N3O2. The maximum atomic E-state index is 11.9. The minimum Gasteiger partial charge on any atom is -0.381 e. The quantitative estimate of drug-likeness (QED) is 0.898. The number of ether oxygens (including phenoxy) is 1. The lowest BCUT2D eigenvalue weighted by Crippen LogP contribution is -2.25. The van der Waals surface area contributed by atoms with Crippen LogP contribution in [-0.2, 0) is 16.1 Å². The van der Waals surface area contributed by atoms with Gasteiger partial charge in [-0.15, -0.1) is 0 Å². The van der Waals surface area contributed by atoms with E-state index in [9.17, 15) is 4.79 Å². The van der Waals surface area contributed by atoms with Gasteiger partial charge in [0, 0.05) is 43.5 Å². The predicted octanol–water partition coefficient (Wildman–Crippen LogP) is 2.12. The van der Waals surface area contributed by atoms with Crippen molar-refractivity contribution in [2.24, 2.45) is 5.92 Å². The van der Waals surface area contributed by atoms with Gasteiger partial charge in [-0.05, 0) is 40.0 Å². The van der Waals surface area contributed by atoms with E-state index in [4.69, 9.17) is 4.74 Å². The van der Waals surface area contributed by atoms with E-state index < -0.39 is 0 Å². The zero-order chi connectivity index (χ0) is 14.7. The fraction of sp³-hybridized carbons (Fsp3) is 0.733. The average Bonchev–Trinajstić information content (AvgIpc) is 2.96. The monoisotopic (exact) mass is 279 g/mol. The van der Waals surface area contributed by atoms with Crippen LogP contribution < -0.4 is 5.32 Å². The fourth-order valence-electron chi connectivity index (χ4n) is 2.72. The highest BCUT2D eigenvalue weighted by Crippen LogP contribution is 2.18. The summed E-state index contributed by atoms with van der Waals surface area (Å²) in [7, 11) is 0. The number of hydrogen-bond donors (Lipinski definition) is 1. The maximum absolute atomic E-state index is 11.9. The lowest BCUT2D eigenvalue weighted by atomic mass is 10.0. The predicted molar refractivity (Wildman–Crippen MR) is 77.5 cm³/mol. The lowest BCUT2D eigenvalue weighted by molar-refractivity contribution is -0.122. The Balaban J connectivity index is 1.91. The SMILES string of the molecule is Cc1nn(C(C)C)c(C)c1CNC(=O)CC1CCOC1. The Kier molecular flexibility index (Phi) is 4.81. The number of nitrogens with one attached hydrogen (secondary N) is 1. The summed E-state index contributed by atoms with van der Waals surface area (Å²) in [6.45, 7) is 10.4. The first-order valence-electron chi connectivity index (χ1n) is 7.38. The molecule has 5 nitrogen and oxygen atoms in total. The molecule has 5 heteroatoms. The molecule has 1 saturated heterocycles. The average molecular weight is 279 g/mol. The summed E-state index contributed by atoms with van der Waals surface area (Å²) in [4.78, 5) is 11.9. The second kappa shape index (κ2) is 6.39. The van der Waals surface area contributed by atoms with Gasteiger partial charge in [-0.25, -0.2) is 0 Å². The van der Waals surface area contributed by atoms with Gasteiger partial charge in [0.1, 0.15) is 0 Å². The van der Waals surface area contributed by atoms with Crippen LogP contribution in [0.3, 0.4) is 0 Å². The highest BCUT2D eigenvalue weighted by atomic mass is 16.5. The molecule has 1 aliphatic rings. The number of nitrogens with zero attached hydrogens (tertiary/aromatic N) is 2. The molecule has 1 unspecified atom stereocenters. The fourth-order valence-corrected chi connectivity index (χ4v) is 2.72. The summed E-state index contributed by atoms with van der Waals surface area (Å²) < 4.78 is 7.31. The highest BCUT2D eigenvalue weighted by molar-refractivity contribution is 5.76. The molecule has 0 spiro atoms. The molecule has 0 saturated carbocycles. The molecule has 0 aromatic carbocycles. The van der Waals surface area contributed by atoms with Crippen LogP contribution in [0.15, 0.2) is 0 Å². The molecule has 112 valence electrons. The molecular weight excluding hydrogens is 254 g/mol. The summed E-state index contributed by atoms with van der Waals surface area (Å²) >= 11 is 0. The van der Waals surface area contributed by atoms with E-state index in [2.05, 4.69) is 31.2 Å². The van der Waals surface area contributed by atoms with Gasteiger partial charge in [0.15, 0.2) is 0 Å². The summed E-state index contributed by atoms with van der Waals surface area (Å²) in [5.74, 6) is 0.493. The molecule has 0 aliphatic carbocycles. The Morgan fingerprint density at radius 1 is 1.50 bits per heavy atom. The van der Waals surface area contributed by atoms with Crippen molar-refractivity contribution in [3.8, 4) is 0 Å². The van der Waals surface area contributed by atoms with E-state index in [0.29, 0.717) is 24.9 Å². The van der Waals surface area contributed by atoms with Gasteiger partial charge in [-0.2, -0.15) is 5.10 Å². The Hall–Kier alpha value is -1.36. The minimum atomic E-state index is 0.108. The maximum Gasteiger partial charge on any atom is 0.220 e. The molecule has 1 N–H and O–H groups in total. The Labute approximate surface area is 120 Å². The van der Waals surface area contributed by atoms with Gasteiger partial charge in [-0.3, -0.25) is 9.48 Å². The summed E-state index contributed by atoms with van der Waals surface area (Å²) in [5.41, 5.74) is 3.28. The van der Waals surface area contributed by atoms with Gasteiger partial charge in [0.2, 0.25) is 5.91 Å². The van der Waals surface area contributed by atoms with Crippen LogP contribution in [0.1, 0.15) is 49.7 Å². The smallest absolute Gasteiger partial charge is 0.220 e. The highest BCUT2D eigenvalue weighted by Gasteiger charge is 2.20. The molecule has 20 heavy (non-hydrogen) atoms. The second-order valence-electron chi connectivity index (χ2n) is 5.90. The van der Waals surface area contributed by atoms with Crippen LogP contribution in [0, 0.1) is 19.8 Å². The molecule has 1 aromatic rings. The van der Waals surface area contributed by atoms with E-state index in [0.717, 1.165) is 36.6 Å². The third-order valence-corrected chi connectivity index (χ3v) is 3.92. The molecule has 2 heterocycles.